The lowest BCUT2D eigenvalue weighted by Crippen LogP contribution is -2.29. The first kappa shape index (κ1) is 12.4. The summed E-state index contributed by atoms with van der Waals surface area (Å²) in [6.45, 7) is 0.786. The predicted octanol–water partition coefficient (Wildman–Crippen LogP) is 1.17. The van der Waals surface area contributed by atoms with E-state index in [0.29, 0.717) is 12.3 Å². The van der Waals surface area contributed by atoms with Gasteiger partial charge in [-0.15, -0.1) is 23.7 Å². The number of hydrogen-bond donors (Lipinski definition) is 2. The molecule has 4 nitrogen and oxygen atoms in total. The maximum absolute atomic E-state index is 10.7. The Morgan fingerprint density at radius 2 is 2.53 bits per heavy atom. The standard InChI is InChI=1S/C9H12N2O2S.ClH/c12-9(13)8-2-6(3-10-8)1-7-4-14-5-11-7;/h4-6,8,10H,1-3H2,(H,12,13);1H. The fourth-order valence-corrected chi connectivity index (χ4v) is 2.36. The second-order valence-electron chi connectivity index (χ2n) is 3.58. The van der Waals surface area contributed by atoms with Crippen LogP contribution in [0.4, 0.5) is 0 Å². The lowest BCUT2D eigenvalue weighted by atomic mass is 10.0. The van der Waals surface area contributed by atoms with Crippen LogP contribution in [0.5, 0.6) is 0 Å². The van der Waals surface area contributed by atoms with Gasteiger partial charge in [0.2, 0.25) is 0 Å². The Balaban J connectivity index is 0.00000112. The summed E-state index contributed by atoms with van der Waals surface area (Å²) in [5.41, 5.74) is 2.89. The summed E-state index contributed by atoms with van der Waals surface area (Å²) in [6.07, 6.45) is 1.60. The Kier molecular flexibility index (Phi) is 4.50. The van der Waals surface area contributed by atoms with Gasteiger partial charge in [-0.1, -0.05) is 0 Å². The number of thiazole rings is 1. The van der Waals surface area contributed by atoms with Gasteiger partial charge in [-0.3, -0.25) is 4.79 Å². The number of carboxylic acids is 1. The van der Waals surface area contributed by atoms with Gasteiger partial charge in [-0.05, 0) is 25.3 Å². The molecule has 1 fully saturated rings. The van der Waals surface area contributed by atoms with E-state index in [2.05, 4.69) is 10.3 Å². The molecule has 1 aromatic rings. The highest BCUT2D eigenvalue weighted by molar-refractivity contribution is 7.07. The van der Waals surface area contributed by atoms with Crippen molar-refractivity contribution in [1.29, 1.82) is 0 Å². The van der Waals surface area contributed by atoms with Crippen molar-refractivity contribution in [2.45, 2.75) is 18.9 Å². The van der Waals surface area contributed by atoms with Gasteiger partial charge < -0.3 is 10.4 Å². The normalized spacial score (nSPS) is 24.8. The largest absolute Gasteiger partial charge is 0.480 e. The number of carbonyl (C=O) groups is 1. The molecule has 0 radical (unpaired) electrons. The smallest absolute Gasteiger partial charge is 0.320 e. The van der Waals surface area contributed by atoms with Crippen molar-refractivity contribution < 1.29 is 9.90 Å². The second-order valence-corrected chi connectivity index (χ2v) is 4.30. The summed E-state index contributed by atoms with van der Waals surface area (Å²) in [5, 5.41) is 13.8. The average molecular weight is 249 g/mol. The first-order chi connectivity index (χ1) is 6.75. The molecule has 6 heteroatoms. The third-order valence-electron chi connectivity index (χ3n) is 2.50. The number of nitrogens with one attached hydrogen (secondary N) is 1. The minimum atomic E-state index is -0.745. The van der Waals surface area contributed by atoms with E-state index < -0.39 is 5.97 Å². The van der Waals surface area contributed by atoms with Gasteiger partial charge in [0.1, 0.15) is 6.04 Å². The Hall–Kier alpha value is -0.650. The predicted molar refractivity (Wildman–Crippen MR) is 60.6 cm³/mol. The molecule has 2 heterocycles. The molecule has 1 saturated heterocycles. The highest BCUT2D eigenvalue weighted by Crippen LogP contribution is 2.19. The molecular formula is C9H13ClN2O2S. The van der Waals surface area contributed by atoms with Gasteiger partial charge in [0.05, 0.1) is 11.2 Å². The van der Waals surface area contributed by atoms with Crippen molar-refractivity contribution in [1.82, 2.24) is 10.3 Å². The SMILES string of the molecule is Cl.O=C(O)C1CC(Cc2cscn2)CN1. The summed E-state index contributed by atoms with van der Waals surface area (Å²) in [6, 6.07) is -0.362. The third-order valence-corrected chi connectivity index (χ3v) is 3.14. The van der Waals surface area contributed by atoms with E-state index in [-0.39, 0.29) is 18.4 Å². The second kappa shape index (κ2) is 5.44. The van der Waals surface area contributed by atoms with Crippen molar-refractivity contribution in [3.8, 4) is 0 Å². The Labute approximate surface area is 98.1 Å². The lowest BCUT2D eigenvalue weighted by Gasteiger charge is -2.04. The van der Waals surface area contributed by atoms with Crippen molar-refractivity contribution >= 4 is 29.7 Å². The molecule has 1 aliphatic rings. The summed E-state index contributed by atoms with van der Waals surface area (Å²) >= 11 is 1.58. The number of aliphatic carboxylic acids is 1. The molecule has 2 rings (SSSR count). The number of hydrogen-bond acceptors (Lipinski definition) is 4. The highest BCUT2D eigenvalue weighted by atomic mass is 35.5. The van der Waals surface area contributed by atoms with Gasteiger partial charge >= 0.3 is 5.97 Å². The van der Waals surface area contributed by atoms with E-state index in [9.17, 15) is 4.79 Å². The van der Waals surface area contributed by atoms with Crippen molar-refractivity contribution in [3.63, 3.8) is 0 Å². The number of carboxylic acid groups (broad SMARTS) is 1. The van der Waals surface area contributed by atoms with Crippen LogP contribution in [-0.4, -0.2) is 28.6 Å². The number of aromatic nitrogens is 1. The van der Waals surface area contributed by atoms with Crippen LogP contribution in [0.2, 0.25) is 0 Å². The maximum Gasteiger partial charge on any atom is 0.320 e. The molecule has 0 aliphatic carbocycles. The quantitative estimate of drug-likeness (QED) is 0.843. The topological polar surface area (TPSA) is 62.2 Å². The summed E-state index contributed by atoms with van der Waals surface area (Å²) in [5.74, 6) is -0.330. The lowest BCUT2D eigenvalue weighted by molar-refractivity contribution is -0.139. The monoisotopic (exact) mass is 248 g/mol. The van der Waals surface area contributed by atoms with Crippen molar-refractivity contribution in [2.75, 3.05) is 6.54 Å². The maximum atomic E-state index is 10.7. The van der Waals surface area contributed by atoms with E-state index in [1.165, 1.54) is 0 Å². The van der Waals surface area contributed by atoms with Crippen LogP contribution in [0.25, 0.3) is 0 Å². The van der Waals surface area contributed by atoms with Crippen LogP contribution in [0.3, 0.4) is 0 Å². The van der Waals surface area contributed by atoms with Crippen LogP contribution in [-0.2, 0) is 11.2 Å². The summed E-state index contributed by atoms with van der Waals surface area (Å²) in [4.78, 5) is 14.9. The van der Waals surface area contributed by atoms with Crippen LogP contribution in [0.15, 0.2) is 10.9 Å². The van der Waals surface area contributed by atoms with E-state index in [1.807, 2.05) is 10.9 Å². The van der Waals surface area contributed by atoms with E-state index in [0.717, 1.165) is 18.7 Å². The highest BCUT2D eigenvalue weighted by Gasteiger charge is 2.29. The van der Waals surface area contributed by atoms with Gasteiger partial charge in [0.25, 0.3) is 0 Å². The van der Waals surface area contributed by atoms with Gasteiger partial charge in [-0.25, -0.2) is 4.98 Å². The minimum absolute atomic E-state index is 0. The zero-order chi connectivity index (χ0) is 9.97. The number of halogens is 1. The molecule has 2 N–H and O–H groups in total. The average Bonchev–Trinajstić information content (AvgIpc) is 2.75. The van der Waals surface area contributed by atoms with Crippen LogP contribution >= 0.6 is 23.7 Å². The molecular weight excluding hydrogens is 236 g/mol. The Bertz CT molecular complexity index is 318. The molecule has 0 spiro atoms. The van der Waals surface area contributed by atoms with E-state index >= 15 is 0 Å². The number of rotatable bonds is 3. The molecule has 0 bridgehead atoms. The molecule has 0 amide bonds. The van der Waals surface area contributed by atoms with Crippen LogP contribution in [0, 0.1) is 5.92 Å². The Morgan fingerprint density at radius 1 is 1.73 bits per heavy atom. The zero-order valence-corrected chi connectivity index (χ0v) is 9.68. The molecule has 1 aromatic heterocycles. The molecule has 15 heavy (non-hydrogen) atoms. The first-order valence-electron chi connectivity index (χ1n) is 4.59. The fraction of sp³-hybridized carbons (Fsp3) is 0.556. The Morgan fingerprint density at radius 3 is 3.07 bits per heavy atom. The van der Waals surface area contributed by atoms with Gasteiger partial charge in [0.15, 0.2) is 0 Å². The molecule has 0 saturated carbocycles. The summed E-state index contributed by atoms with van der Waals surface area (Å²) in [7, 11) is 0. The van der Waals surface area contributed by atoms with Gasteiger partial charge in [0, 0.05) is 5.38 Å². The fourth-order valence-electron chi connectivity index (χ4n) is 1.79. The zero-order valence-electron chi connectivity index (χ0n) is 8.05. The van der Waals surface area contributed by atoms with E-state index in [1.54, 1.807) is 11.3 Å². The van der Waals surface area contributed by atoms with E-state index in [4.69, 9.17) is 5.11 Å². The summed E-state index contributed by atoms with van der Waals surface area (Å²) < 4.78 is 0. The van der Waals surface area contributed by atoms with Gasteiger partial charge in [-0.2, -0.15) is 0 Å². The number of nitrogens with zero attached hydrogens (tertiary/aromatic N) is 1. The van der Waals surface area contributed by atoms with Crippen molar-refractivity contribution in [2.24, 2.45) is 5.92 Å². The molecule has 84 valence electrons. The third kappa shape index (κ3) is 3.15. The first-order valence-corrected chi connectivity index (χ1v) is 5.53. The molecule has 1 aliphatic heterocycles. The molecule has 0 aromatic carbocycles. The van der Waals surface area contributed by atoms with Crippen LogP contribution in [0.1, 0.15) is 12.1 Å². The minimum Gasteiger partial charge on any atom is -0.480 e. The van der Waals surface area contributed by atoms with Crippen molar-refractivity contribution in [3.05, 3.63) is 16.6 Å². The molecule has 2 unspecified atom stereocenters. The van der Waals surface area contributed by atoms with Crippen LogP contribution < -0.4 is 5.32 Å². The molecule has 2 atom stereocenters.